The molecule has 0 spiro atoms. The zero-order valence-electron chi connectivity index (χ0n) is 17.2. The Morgan fingerprint density at radius 3 is 0.679 bits per heavy atom. The zero-order valence-corrected chi connectivity index (χ0v) is 17.2. The van der Waals surface area contributed by atoms with Crippen molar-refractivity contribution in [3.8, 4) is 0 Å². The highest BCUT2D eigenvalue weighted by atomic mass is 14.5. The number of fused-ring (bicyclic) bond motifs is 8. The largest absolute Gasteiger partial charge is 0.0851 e. The van der Waals surface area contributed by atoms with Crippen LogP contribution in [0.1, 0.15) is 51.4 Å². The Balaban J connectivity index is 0.000000103. The molecule has 0 N–H and O–H groups in total. The van der Waals surface area contributed by atoms with Gasteiger partial charge >= 0.3 is 0 Å². The standard InChI is InChI=1S/2C14H18/c2*1-3-11-5-9(1)7-13(11)14-8-10-2-4-12(14)6-10/h2*1-4,9-14H,5-8H2. The molecule has 0 saturated heterocycles. The summed E-state index contributed by atoms with van der Waals surface area (Å²) < 4.78 is 0. The van der Waals surface area contributed by atoms with Gasteiger partial charge in [0.05, 0.1) is 0 Å². The molecule has 12 atom stereocenters. The molecule has 0 nitrogen and oxygen atoms in total. The van der Waals surface area contributed by atoms with Crippen LogP contribution in [0.3, 0.4) is 0 Å². The second-order valence-electron chi connectivity index (χ2n) is 11.8. The van der Waals surface area contributed by atoms with Gasteiger partial charge < -0.3 is 0 Å². The molecule has 0 aromatic heterocycles. The summed E-state index contributed by atoms with van der Waals surface area (Å²) in [6.07, 6.45) is 32.0. The van der Waals surface area contributed by atoms with Crippen LogP contribution in [0, 0.1) is 71.0 Å². The normalized spacial score (nSPS) is 57.7. The summed E-state index contributed by atoms with van der Waals surface area (Å²) in [7, 11) is 0. The van der Waals surface area contributed by atoms with Gasteiger partial charge in [-0.25, -0.2) is 0 Å². The first-order valence-electron chi connectivity index (χ1n) is 12.5. The highest BCUT2D eigenvalue weighted by Crippen LogP contribution is 2.57. The van der Waals surface area contributed by atoms with Crippen molar-refractivity contribution in [2.75, 3.05) is 0 Å². The van der Waals surface area contributed by atoms with Gasteiger partial charge in [0.1, 0.15) is 0 Å². The van der Waals surface area contributed by atoms with Crippen molar-refractivity contribution in [1.29, 1.82) is 0 Å². The Morgan fingerprint density at radius 2 is 0.536 bits per heavy atom. The Labute approximate surface area is 171 Å². The monoisotopic (exact) mass is 372 g/mol. The molecule has 0 aliphatic heterocycles. The van der Waals surface area contributed by atoms with E-state index in [9.17, 15) is 0 Å². The highest BCUT2D eigenvalue weighted by Gasteiger charge is 2.47. The van der Waals surface area contributed by atoms with E-state index in [4.69, 9.17) is 0 Å². The van der Waals surface area contributed by atoms with E-state index in [2.05, 4.69) is 48.6 Å². The second kappa shape index (κ2) is 6.23. The number of rotatable bonds is 2. The van der Waals surface area contributed by atoms with Crippen molar-refractivity contribution in [2.24, 2.45) is 71.0 Å². The van der Waals surface area contributed by atoms with E-state index in [0.717, 1.165) is 71.0 Å². The van der Waals surface area contributed by atoms with Crippen molar-refractivity contribution in [3.05, 3.63) is 48.6 Å². The Kier molecular flexibility index (Phi) is 3.72. The maximum absolute atomic E-state index is 2.52. The van der Waals surface area contributed by atoms with Crippen LogP contribution in [0.25, 0.3) is 0 Å². The fourth-order valence-corrected chi connectivity index (χ4v) is 9.26. The van der Waals surface area contributed by atoms with Crippen molar-refractivity contribution in [3.63, 3.8) is 0 Å². The number of allylic oxidation sites excluding steroid dienone is 8. The van der Waals surface area contributed by atoms with Crippen LogP contribution in [0.15, 0.2) is 48.6 Å². The van der Waals surface area contributed by atoms with E-state index in [1.54, 1.807) is 0 Å². The summed E-state index contributed by atoms with van der Waals surface area (Å²) in [6, 6.07) is 0. The van der Waals surface area contributed by atoms with Gasteiger partial charge in [0.25, 0.3) is 0 Å². The van der Waals surface area contributed by atoms with Crippen LogP contribution in [0.4, 0.5) is 0 Å². The molecule has 0 amide bonds. The SMILES string of the molecule is C1=CC2CC1CC2C1CC2C=CC1C2.C1=CC2CC1CC2C1CC2C=CC1C2. The minimum absolute atomic E-state index is 0.966. The predicted molar refractivity (Wildman–Crippen MR) is 115 cm³/mol. The highest BCUT2D eigenvalue weighted by molar-refractivity contribution is 5.18. The first kappa shape index (κ1) is 16.7. The molecule has 8 bridgehead atoms. The minimum Gasteiger partial charge on any atom is -0.0851 e. The lowest BCUT2D eigenvalue weighted by Crippen LogP contribution is -2.22. The molecule has 0 radical (unpaired) electrons. The Hall–Kier alpha value is -1.04. The lowest BCUT2D eigenvalue weighted by molar-refractivity contribution is 0.249. The molecule has 0 heteroatoms. The quantitative estimate of drug-likeness (QED) is 0.466. The molecule has 28 heavy (non-hydrogen) atoms. The summed E-state index contributed by atoms with van der Waals surface area (Å²) in [5.74, 6) is 12.0. The van der Waals surface area contributed by atoms with Gasteiger partial charge in [-0.2, -0.15) is 0 Å². The van der Waals surface area contributed by atoms with E-state index in [-0.39, 0.29) is 0 Å². The average Bonchev–Trinajstić information content (AvgIpc) is 3.59. The zero-order chi connectivity index (χ0) is 18.2. The third kappa shape index (κ3) is 2.55. The molecule has 12 unspecified atom stereocenters. The molecule has 0 aromatic carbocycles. The third-order valence-electron chi connectivity index (χ3n) is 10.4. The van der Waals surface area contributed by atoms with Crippen LogP contribution in [-0.4, -0.2) is 0 Å². The van der Waals surface area contributed by atoms with E-state index in [0.29, 0.717) is 0 Å². The summed E-state index contributed by atoms with van der Waals surface area (Å²) in [6.45, 7) is 0. The second-order valence-corrected chi connectivity index (χ2v) is 11.8. The molecule has 8 rings (SSSR count). The molecule has 4 fully saturated rings. The average molecular weight is 373 g/mol. The van der Waals surface area contributed by atoms with E-state index >= 15 is 0 Å². The first-order valence-corrected chi connectivity index (χ1v) is 12.5. The van der Waals surface area contributed by atoms with Crippen LogP contribution in [0.2, 0.25) is 0 Å². The Bertz CT molecular complexity index is 624. The van der Waals surface area contributed by atoms with Crippen molar-refractivity contribution >= 4 is 0 Å². The lowest BCUT2D eigenvalue weighted by atomic mass is 9.75. The maximum atomic E-state index is 2.52. The molecule has 8 aliphatic carbocycles. The number of hydrogen-bond acceptors (Lipinski definition) is 0. The Morgan fingerprint density at radius 1 is 0.286 bits per heavy atom. The van der Waals surface area contributed by atoms with Gasteiger partial charge in [-0.1, -0.05) is 48.6 Å². The van der Waals surface area contributed by atoms with Gasteiger partial charge in [0.15, 0.2) is 0 Å². The molecule has 0 aromatic rings. The molecular weight excluding hydrogens is 336 g/mol. The van der Waals surface area contributed by atoms with Crippen molar-refractivity contribution in [1.82, 2.24) is 0 Å². The van der Waals surface area contributed by atoms with Gasteiger partial charge in [0, 0.05) is 0 Å². The fourth-order valence-electron chi connectivity index (χ4n) is 9.26. The molecular formula is C28H36. The molecule has 4 saturated carbocycles. The van der Waals surface area contributed by atoms with Crippen molar-refractivity contribution < 1.29 is 0 Å². The molecule has 8 aliphatic rings. The van der Waals surface area contributed by atoms with E-state index in [1.807, 2.05) is 0 Å². The first-order chi connectivity index (χ1) is 13.8. The summed E-state index contributed by atoms with van der Waals surface area (Å²) in [5.41, 5.74) is 0. The summed E-state index contributed by atoms with van der Waals surface area (Å²) in [5, 5.41) is 0. The van der Waals surface area contributed by atoms with E-state index < -0.39 is 0 Å². The summed E-state index contributed by atoms with van der Waals surface area (Å²) in [4.78, 5) is 0. The summed E-state index contributed by atoms with van der Waals surface area (Å²) >= 11 is 0. The van der Waals surface area contributed by atoms with Crippen LogP contribution in [0.5, 0.6) is 0 Å². The van der Waals surface area contributed by atoms with Gasteiger partial charge in [-0.05, 0) is 122 Å². The molecule has 0 heterocycles. The maximum Gasteiger partial charge on any atom is -0.0196 e. The third-order valence-corrected chi connectivity index (χ3v) is 10.4. The van der Waals surface area contributed by atoms with Crippen molar-refractivity contribution in [2.45, 2.75) is 51.4 Å². The smallest absolute Gasteiger partial charge is 0.0196 e. The minimum atomic E-state index is 0.966. The van der Waals surface area contributed by atoms with Gasteiger partial charge in [-0.15, -0.1) is 0 Å². The van der Waals surface area contributed by atoms with E-state index in [1.165, 1.54) is 51.4 Å². The predicted octanol–water partition coefficient (Wildman–Crippen LogP) is 6.82. The van der Waals surface area contributed by atoms with Gasteiger partial charge in [0.2, 0.25) is 0 Å². The topological polar surface area (TPSA) is 0 Å². The van der Waals surface area contributed by atoms with Crippen LogP contribution >= 0.6 is 0 Å². The molecule has 148 valence electrons. The lowest BCUT2D eigenvalue weighted by Gasteiger charge is -2.29. The van der Waals surface area contributed by atoms with Crippen LogP contribution < -0.4 is 0 Å². The van der Waals surface area contributed by atoms with Crippen LogP contribution in [-0.2, 0) is 0 Å². The number of hydrogen-bond donors (Lipinski definition) is 0. The fraction of sp³-hybridized carbons (Fsp3) is 0.714. The van der Waals surface area contributed by atoms with Gasteiger partial charge in [-0.3, -0.25) is 0 Å².